The van der Waals surface area contributed by atoms with Crippen LogP contribution in [-0.2, 0) is 32.6 Å². The molecule has 11 heteroatoms. The minimum Gasteiger partial charge on any atom is -0.354 e. The summed E-state index contributed by atoms with van der Waals surface area (Å²) in [4.78, 5) is 29.8. The number of halogens is 3. The van der Waals surface area contributed by atoms with Gasteiger partial charge in [-0.3, -0.25) is 13.9 Å². The van der Waals surface area contributed by atoms with Crippen molar-refractivity contribution in [1.29, 1.82) is 0 Å². The second-order valence-electron chi connectivity index (χ2n) is 10.9. The maximum atomic E-state index is 14.5. The van der Waals surface area contributed by atoms with Crippen LogP contribution in [0.3, 0.4) is 0 Å². The van der Waals surface area contributed by atoms with E-state index >= 15 is 0 Å². The Labute approximate surface area is 283 Å². The Hall–Kier alpha value is -3.37. The Morgan fingerprint density at radius 2 is 1.44 bits per heavy atom. The van der Waals surface area contributed by atoms with E-state index in [0.717, 1.165) is 19.9 Å². The van der Waals surface area contributed by atoms with Crippen LogP contribution in [0, 0.1) is 5.92 Å². The van der Waals surface area contributed by atoms with Gasteiger partial charge in [0.1, 0.15) is 12.6 Å². The number of nitrogens with zero attached hydrogens (tertiary/aromatic N) is 2. The van der Waals surface area contributed by atoms with Crippen LogP contribution >= 0.6 is 39.1 Å². The van der Waals surface area contributed by atoms with Crippen molar-refractivity contribution in [1.82, 2.24) is 10.2 Å². The summed E-state index contributed by atoms with van der Waals surface area (Å²) in [5.41, 5.74) is 1.66. The summed E-state index contributed by atoms with van der Waals surface area (Å²) >= 11 is 16.3. The smallest absolute Gasteiger partial charge is 0.264 e. The van der Waals surface area contributed by atoms with Crippen molar-refractivity contribution in [3.63, 3.8) is 0 Å². The molecule has 0 heterocycles. The minimum absolute atomic E-state index is 0.0126. The van der Waals surface area contributed by atoms with Crippen LogP contribution in [0.25, 0.3) is 0 Å². The van der Waals surface area contributed by atoms with E-state index < -0.39 is 28.5 Å². The molecule has 4 aromatic carbocycles. The first-order valence-electron chi connectivity index (χ1n) is 14.3. The Bertz CT molecular complexity index is 1710. The molecule has 1 atom stereocenters. The average Bonchev–Trinajstić information content (AvgIpc) is 3.03. The fourth-order valence-corrected chi connectivity index (χ4v) is 6.84. The van der Waals surface area contributed by atoms with Gasteiger partial charge in [0.25, 0.3) is 10.0 Å². The molecule has 0 saturated carbocycles. The summed E-state index contributed by atoms with van der Waals surface area (Å²) in [6.07, 6.45) is 0.219. The van der Waals surface area contributed by atoms with Crippen LogP contribution in [0.15, 0.2) is 112 Å². The molecule has 2 amide bonds. The third-order valence-corrected chi connectivity index (χ3v) is 10.1. The molecule has 0 radical (unpaired) electrons. The molecule has 4 aromatic rings. The van der Waals surface area contributed by atoms with Crippen LogP contribution in [0.2, 0.25) is 10.0 Å². The predicted octanol–water partition coefficient (Wildman–Crippen LogP) is 7.36. The molecule has 0 aliphatic rings. The predicted molar refractivity (Wildman–Crippen MR) is 184 cm³/mol. The second kappa shape index (κ2) is 15.8. The number of rotatable bonds is 13. The lowest BCUT2D eigenvalue weighted by molar-refractivity contribution is -0.140. The van der Waals surface area contributed by atoms with Gasteiger partial charge in [0.15, 0.2) is 0 Å². The van der Waals surface area contributed by atoms with Crippen molar-refractivity contribution in [2.24, 2.45) is 5.92 Å². The summed E-state index contributed by atoms with van der Waals surface area (Å²) < 4.78 is 30.0. The summed E-state index contributed by atoms with van der Waals surface area (Å²) in [5, 5.41) is 3.10. The summed E-state index contributed by atoms with van der Waals surface area (Å²) in [7, 11) is -4.29. The maximum Gasteiger partial charge on any atom is 0.264 e. The zero-order valence-electron chi connectivity index (χ0n) is 24.9. The van der Waals surface area contributed by atoms with Crippen molar-refractivity contribution < 1.29 is 18.0 Å². The Morgan fingerprint density at radius 1 is 0.822 bits per heavy atom. The highest BCUT2D eigenvalue weighted by molar-refractivity contribution is 9.10. The Balaban J connectivity index is 1.82. The van der Waals surface area contributed by atoms with Crippen molar-refractivity contribution in [3.05, 3.63) is 129 Å². The third kappa shape index (κ3) is 9.10. The van der Waals surface area contributed by atoms with Crippen LogP contribution in [-0.4, -0.2) is 44.3 Å². The van der Waals surface area contributed by atoms with E-state index in [-0.39, 0.29) is 45.4 Å². The van der Waals surface area contributed by atoms with Crippen LogP contribution in [0.1, 0.15) is 25.0 Å². The molecule has 236 valence electrons. The van der Waals surface area contributed by atoms with Gasteiger partial charge >= 0.3 is 0 Å². The number of hydrogen-bond donors (Lipinski definition) is 1. The molecule has 0 spiro atoms. The van der Waals surface area contributed by atoms with E-state index in [9.17, 15) is 18.0 Å². The molecule has 0 aliphatic heterocycles. The van der Waals surface area contributed by atoms with Gasteiger partial charge in [-0.05, 0) is 53.4 Å². The number of carbonyl (C=O) groups is 2. The van der Waals surface area contributed by atoms with Gasteiger partial charge in [-0.15, -0.1) is 0 Å². The largest absolute Gasteiger partial charge is 0.354 e. The molecule has 0 saturated heterocycles. The topological polar surface area (TPSA) is 86.8 Å². The van der Waals surface area contributed by atoms with Crippen molar-refractivity contribution in [2.75, 3.05) is 17.4 Å². The summed E-state index contributed by atoms with van der Waals surface area (Å²) in [6.45, 7) is 3.81. The number of amides is 2. The standard InChI is InChI=1S/C34H34BrCl2N3O4S/c1-24(2)21-38-34(42)31(20-25-10-5-3-6-11-25)39(22-26-16-18-27(35)19-17-26)32(41)23-40(30-15-9-14-29(36)33(30)37)45(43,44)28-12-7-4-8-13-28/h3-19,24,31H,20-23H2,1-2H3,(H,38,42). The average molecular weight is 732 g/mol. The molecular formula is C34H34BrCl2N3O4S. The first-order chi connectivity index (χ1) is 21.5. The molecule has 0 fully saturated rings. The normalized spacial score (nSPS) is 12.0. The molecular weight excluding hydrogens is 697 g/mol. The molecule has 1 unspecified atom stereocenters. The minimum atomic E-state index is -4.29. The van der Waals surface area contributed by atoms with E-state index in [1.807, 2.05) is 68.4 Å². The lowest BCUT2D eigenvalue weighted by Gasteiger charge is -2.34. The molecule has 0 bridgehead atoms. The fourth-order valence-electron chi connectivity index (χ4n) is 4.68. The van der Waals surface area contributed by atoms with Crippen LogP contribution < -0.4 is 9.62 Å². The maximum absolute atomic E-state index is 14.5. The number of hydrogen-bond acceptors (Lipinski definition) is 4. The van der Waals surface area contributed by atoms with Crippen molar-refractivity contribution in [2.45, 2.75) is 37.8 Å². The van der Waals surface area contributed by atoms with Crippen molar-refractivity contribution in [3.8, 4) is 0 Å². The highest BCUT2D eigenvalue weighted by atomic mass is 79.9. The van der Waals surface area contributed by atoms with Crippen LogP contribution in [0.5, 0.6) is 0 Å². The lowest BCUT2D eigenvalue weighted by atomic mass is 10.0. The zero-order valence-corrected chi connectivity index (χ0v) is 28.8. The van der Waals surface area contributed by atoms with Gasteiger partial charge in [0, 0.05) is 24.0 Å². The molecule has 7 nitrogen and oxygen atoms in total. The molecule has 1 N–H and O–H groups in total. The monoisotopic (exact) mass is 729 g/mol. The van der Waals surface area contributed by atoms with E-state index in [1.54, 1.807) is 24.3 Å². The first kappa shape index (κ1) is 34.5. The van der Waals surface area contributed by atoms with Gasteiger partial charge < -0.3 is 10.2 Å². The van der Waals surface area contributed by atoms with Gasteiger partial charge in [-0.25, -0.2) is 8.42 Å². The van der Waals surface area contributed by atoms with Gasteiger partial charge in [-0.2, -0.15) is 0 Å². The molecule has 0 aliphatic carbocycles. The zero-order chi connectivity index (χ0) is 32.6. The highest BCUT2D eigenvalue weighted by Gasteiger charge is 2.35. The van der Waals surface area contributed by atoms with E-state index in [2.05, 4.69) is 21.2 Å². The molecule has 45 heavy (non-hydrogen) atoms. The lowest BCUT2D eigenvalue weighted by Crippen LogP contribution is -2.53. The first-order valence-corrected chi connectivity index (χ1v) is 17.3. The van der Waals surface area contributed by atoms with Crippen LogP contribution in [0.4, 0.5) is 5.69 Å². The van der Waals surface area contributed by atoms with E-state index in [4.69, 9.17) is 23.2 Å². The Kier molecular flexibility index (Phi) is 12.1. The number of carbonyl (C=O) groups excluding carboxylic acids is 2. The van der Waals surface area contributed by atoms with Gasteiger partial charge in [-0.1, -0.05) is 120 Å². The fraction of sp³-hybridized carbons (Fsp3) is 0.235. The SMILES string of the molecule is CC(C)CNC(=O)C(Cc1ccccc1)N(Cc1ccc(Br)cc1)C(=O)CN(c1cccc(Cl)c1Cl)S(=O)(=O)c1ccccc1. The second-order valence-corrected chi connectivity index (χ2v) is 14.5. The number of anilines is 1. The highest BCUT2D eigenvalue weighted by Crippen LogP contribution is 2.35. The number of benzene rings is 4. The third-order valence-electron chi connectivity index (χ3n) is 7.03. The Morgan fingerprint density at radius 3 is 2.07 bits per heavy atom. The van der Waals surface area contributed by atoms with Gasteiger partial charge in [0.2, 0.25) is 11.8 Å². The quantitative estimate of drug-likeness (QED) is 0.156. The number of sulfonamides is 1. The molecule has 4 rings (SSSR count). The van der Waals surface area contributed by atoms with Crippen molar-refractivity contribution >= 4 is 66.7 Å². The molecule has 0 aromatic heterocycles. The summed E-state index contributed by atoms with van der Waals surface area (Å²) in [5.74, 6) is -0.746. The number of nitrogens with one attached hydrogen (secondary N) is 1. The van der Waals surface area contributed by atoms with Gasteiger partial charge in [0.05, 0.1) is 20.6 Å². The van der Waals surface area contributed by atoms with E-state index in [0.29, 0.717) is 6.54 Å². The van der Waals surface area contributed by atoms with E-state index in [1.165, 1.54) is 29.2 Å². The summed E-state index contributed by atoms with van der Waals surface area (Å²) in [6, 6.07) is 28.2.